The van der Waals surface area contributed by atoms with Gasteiger partial charge in [0.05, 0.1) is 0 Å². The van der Waals surface area contributed by atoms with Crippen LogP contribution in [0.3, 0.4) is 0 Å². The van der Waals surface area contributed by atoms with Crippen molar-refractivity contribution in [1.29, 1.82) is 0 Å². The largest absolute Gasteiger partial charge is 0.480 e. The van der Waals surface area contributed by atoms with Crippen LogP contribution in [0.2, 0.25) is 0 Å². The van der Waals surface area contributed by atoms with E-state index < -0.39 is 12.0 Å². The molecule has 1 aromatic carbocycles. The maximum absolute atomic E-state index is 10.8. The highest BCUT2D eigenvalue weighted by molar-refractivity contribution is 14.1. The molecule has 5 nitrogen and oxygen atoms in total. The molecular weight excluding hydrogens is 337 g/mol. The molecule has 6 heteroatoms. The van der Waals surface area contributed by atoms with Gasteiger partial charge in [0.1, 0.15) is 11.8 Å². The number of carboxylic acids is 1. The van der Waals surface area contributed by atoms with Crippen LogP contribution in [-0.2, 0) is 16.0 Å². The maximum atomic E-state index is 10.8. The van der Waals surface area contributed by atoms with Crippen LogP contribution in [0.4, 0.5) is 0 Å². The number of nitrogens with one attached hydrogen (secondary N) is 1. The third kappa shape index (κ3) is 4.88. The van der Waals surface area contributed by atoms with E-state index in [2.05, 4.69) is 3.53 Å². The van der Waals surface area contributed by atoms with E-state index in [0.29, 0.717) is 12.2 Å². The molecule has 0 bridgehead atoms. The predicted molar refractivity (Wildman–Crippen MR) is 71.2 cm³/mol. The molecule has 0 unspecified atom stereocenters. The van der Waals surface area contributed by atoms with Crippen LogP contribution in [0.15, 0.2) is 24.3 Å². The number of methoxy groups -OCH3 is 1. The first-order chi connectivity index (χ1) is 8.17. The Bertz CT molecular complexity index is 355. The summed E-state index contributed by atoms with van der Waals surface area (Å²) in [5, 5.41) is 8.90. The lowest BCUT2D eigenvalue weighted by molar-refractivity contribution is -0.138. The first-order valence-electron chi connectivity index (χ1n) is 4.97. The standard InChI is InChI=1S/C11H14INO4/c1-16-7-17-9-4-2-8(3-5-9)6-10(13-12)11(14)15/h2-5,10,13H,6-7H2,1H3,(H,14,15)/t10-/m1/s1. The Balaban J connectivity index is 2.58. The quantitative estimate of drug-likeness (QED) is 0.444. The maximum Gasteiger partial charge on any atom is 0.321 e. The number of halogens is 1. The van der Waals surface area contributed by atoms with Gasteiger partial charge in [0.25, 0.3) is 0 Å². The van der Waals surface area contributed by atoms with Crippen molar-refractivity contribution < 1.29 is 19.4 Å². The smallest absolute Gasteiger partial charge is 0.321 e. The summed E-state index contributed by atoms with van der Waals surface area (Å²) in [5.41, 5.74) is 0.936. The van der Waals surface area contributed by atoms with Gasteiger partial charge in [0.2, 0.25) is 0 Å². The van der Waals surface area contributed by atoms with Crippen LogP contribution in [0.25, 0.3) is 0 Å². The van der Waals surface area contributed by atoms with E-state index in [0.717, 1.165) is 5.56 Å². The van der Waals surface area contributed by atoms with Crippen molar-refractivity contribution in [2.24, 2.45) is 0 Å². The van der Waals surface area contributed by atoms with E-state index in [9.17, 15) is 4.79 Å². The summed E-state index contributed by atoms with van der Waals surface area (Å²) in [4.78, 5) is 10.8. The van der Waals surface area contributed by atoms with Crippen LogP contribution >= 0.6 is 22.9 Å². The molecule has 0 fully saturated rings. The number of rotatable bonds is 7. The number of hydrogen-bond acceptors (Lipinski definition) is 4. The number of hydrogen-bond donors (Lipinski definition) is 2. The Kier molecular flexibility index (Phi) is 6.23. The van der Waals surface area contributed by atoms with Crippen LogP contribution in [-0.4, -0.2) is 31.0 Å². The Morgan fingerprint density at radius 2 is 2.12 bits per heavy atom. The fourth-order valence-electron chi connectivity index (χ4n) is 1.26. The molecule has 0 aliphatic heterocycles. The molecule has 0 radical (unpaired) electrons. The minimum Gasteiger partial charge on any atom is -0.480 e. The highest BCUT2D eigenvalue weighted by Crippen LogP contribution is 2.13. The predicted octanol–water partition coefficient (Wildman–Crippen LogP) is 1.60. The van der Waals surface area contributed by atoms with Gasteiger partial charge < -0.3 is 14.6 Å². The molecule has 0 aromatic heterocycles. The van der Waals surface area contributed by atoms with Gasteiger partial charge in [-0.15, -0.1) is 0 Å². The third-order valence-corrected chi connectivity index (χ3v) is 2.89. The SMILES string of the molecule is COCOc1ccc(C[C@@H](NI)C(=O)O)cc1. The van der Waals surface area contributed by atoms with Gasteiger partial charge in [-0.3, -0.25) is 4.79 Å². The molecule has 94 valence electrons. The van der Waals surface area contributed by atoms with Gasteiger partial charge in [0.15, 0.2) is 6.79 Å². The van der Waals surface area contributed by atoms with E-state index in [1.54, 1.807) is 19.2 Å². The first kappa shape index (κ1) is 14.2. The lowest BCUT2D eigenvalue weighted by atomic mass is 10.1. The summed E-state index contributed by atoms with van der Waals surface area (Å²) < 4.78 is 12.7. The lowest BCUT2D eigenvalue weighted by Crippen LogP contribution is -2.32. The number of aliphatic carboxylic acids is 1. The Hall–Kier alpha value is -0.860. The van der Waals surface area contributed by atoms with Crippen molar-refractivity contribution >= 4 is 28.8 Å². The third-order valence-electron chi connectivity index (χ3n) is 2.14. The first-order valence-corrected chi connectivity index (χ1v) is 6.05. The second-order valence-corrected chi connectivity index (χ2v) is 4.02. The summed E-state index contributed by atoms with van der Waals surface area (Å²) >= 11 is 1.84. The summed E-state index contributed by atoms with van der Waals surface area (Å²) in [6.07, 6.45) is 0.433. The Morgan fingerprint density at radius 1 is 1.47 bits per heavy atom. The average molecular weight is 351 g/mol. The Morgan fingerprint density at radius 3 is 2.59 bits per heavy atom. The molecule has 0 spiro atoms. The summed E-state index contributed by atoms with van der Waals surface area (Å²) in [5.74, 6) is -0.163. The Labute approximate surface area is 114 Å². The van der Waals surface area contributed by atoms with Crippen molar-refractivity contribution in [2.75, 3.05) is 13.9 Å². The van der Waals surface area contributed by atoms with Gasteiger partial charge in [-0.1, -0.05) is 12.1 Å². The zero-order valence-electron chi connectivity index (χ0n) is 9.35. The average Bonchev–Trinajstić information content (AvgIpc) is 2.34. The van der Waals surface area contributed by atoms with E-state index in [4.69, 9.17) is 14.6 Å². The van der Waals surface area contributed by atoms with Crippen molar-refractivity contribution in [3.63, 3.8) is 0 Å². The van der Waals surface area contributed by atoms with Gasteiger partial charge in [-0.05, 0) is 24.1 Å². The van der Waals surface area contributed by atoms with E-state index >= 15 is 0 Å². The number of carboxylic acid groups (broad SMARTS) is 1. The van der Waals surface area contributed by atoms with Crippen LogP contribution < -0.4 is 8.27 Å². The van der Waals surface area contributed by atoms with E-state index in [1.165, 1.54) is 0 Å². The van der Waals surface area contributed by atoms with E-state index in [1.807, 2.05) is 35.0 Å². The normalized spacial score (nSPS) is 12.1. The van der Waals surface area contributed by atoms with Crippen molar-refractivity contribution in [1.82, 2.24) is 3.53 Å². The summed E-state index contributed by atoms with van der Waals surface area (Å²) in [7, 11) is 1.55. The van der Waals surface area contributed by atoms with Crippen LogP contribution in [0.1, 0.15) is 5.56 Å². The minimum absolute atomic E-state index is 0.201. The van der Waals surface area contributed by atoms with Gasteiger partial charge in [-0.2, -0.15) is 0 Å². The minimum atomic E-state index is -0.862. The van der Waals surface area contributed by atoms with Gasteiger partial charge in [0, 0.05) is 30.0 Å². The number of ether oxygens (including phenoxy) is 2. The molecule has 2 N–H and O–H groups in total. The number of benzene rings is 1. The molecule has 0 saturated heterocycles. The van der Waals surface area contributed by atoms with Crippen molar-refractivity contribution in [2.45, 2.75) is 12.5 Å². The zero-order chi connectivity index (χ0) is 12.7. The fraction of sp³-hybridized carbons (Fsp3) is 0.364. The second kappa shape index (κ2) is 7.46. The molecular formula is C11H14INO4. The topological polar surface area (TPSA) is 67.8 Å². The summed E-state index contributed by atoms with van der Waals surface area (Å²) in [6, 6.07) is 6.69. The molecule has 0 saturated carbocycles. The molecule has 1 rings (SSSR count). The highest BCUT2D eigenvalue weighted by Gasteiger charge is 2.15. The summed E-state index contributed by atoms with van der Waals surface area (Å²) in [6.45, 7) is 0.201. The molecule has 1 atom stereocenters. The van der Waals surface area contributed by atoms with Gasteiger partial charge >= 0.3 is 5.97 Å². The van der Waals surface area contributed by atoms with Crippen LogP contribution in [0, 0.1) is 0 Å². The zero-order valence-corrected chi connectivity index (χ0v) is 11.5. The van der Waals surface area contributed by atoms with Gasteiger partial charge in [-0.25, -0.2) is 3.53 Å². The molecule has 0 aliphatic carbocycles. The van der Waals surface area contributed by atoms with Crippen molar-refractivity contribution in [3.05, 3.63) is 29.8 Å². The number of carbonyl (C=O) groups is 1. The monoisotopic (exact) mass is 351 g/mol. The highest BCUT2D eigenvalue weighted by atomic mass is 127. The second-order valence-electron chi connectivity index (χ2n) is 3.40. The fourth-order valence-corrected chi connectivity index (χ4v) is 1.74. The molecule has 0 heterocycles. The lowest BCUT2D eigenvalue weighted by Gasteiger charge is -2.10. The van der Waals surface area contributed by atoms with E-state index in [-0.39, 0.29) is 6.79 Å². The van der Waals surface area contributed by atoms with Crippen molar-refractivity contribution in [3.8, 4) is 5.75 Å². The molecule has 0 amide bonds. The molecule has 17 heavy (non-hydrogen) atoms. The molecule has 0 aliphatic rings. The van der Waals surface area contributed by atoms with Crippen LogP contribution in [0.5, 0.6) is 5.75 Å². The molecule has 1 aromatic rings.